The summed E-state index contributed by atoms with van der Waals surface area (Å²) in [5.41, 5.74) is 0. The van der Waals surface area contributed by atoms with Crippen LogP contribution in [-0.4, -0.2) is 85.2 Å². The van der Waals surface area contributed by atoms with Crippen molar-refractivity contribution in [1.29, 1.82) is 0 Å². The topological polar surface area (TPSA) is 200 Å². The summed E-state index contributed by atoms with van der Waals surface area (Å²) in [6.45, 7) is 5.57. The van der Waals surface area contributed by atoms with E-state index in [9.17, 15) is 45.0 Å². The van der Waals surface area contributed by atoms with Crippen molar-refractivity contribution in [1.82, 2.24) is 0 Å². The molecule has 0 rings (SSSR count). The van der Waals surface area contributed by atoms with Crippen LogP contribution in [0.15, 0.2) is 36.5 Å². The van der Waals surface area contributed by atoms with Crippen LogP contribution < -0.4 is 0 Å². The van der Waals surface area contributed by atoms with Crippen molar-refractivity contribution in [2.75, 3.05) is 6.61 Å². The molecular weight excluding hydrogens is 913 g/mol. The van der Waals surface area contributed by atoms with Gasteiger partial charge in [-0.1, -0.05) is 211 Å². The number of rotatable bonds is 53. The third-order valence-electron chi connectivity index (χ3n) is 13.5. The molecule has 6 N–H and O–H groups in total. The third kappa shape index (κ3) is 38.0. The van der Waals surface area contributed by atoms with Crippen LogP contribution in [0.25, 0.3) is 0 Å². The number of allylic oxidation sites excluding steroid dienone is 6. The van der Waals surface area contributed by atoms with Crippen molar-refractivity contribution in [2.24, 2.45) is 0 Å². The van der Waals surface area contributed by atoms with Crippen LogP contribution in [-0.2, 0) is 28.6 Å². The van der Waals surface area contributed by atoms with Crippen molar-refractivity contribution >= 4 is 17.9 Å². The van der Waals surface area contributed by atoms with Gasteiger partial charge in [-0.05, 0) is 96.3 Å². The van der Waals surface area contributed by atoms with Crippen LogP contribution in [0.5, 0.6) is 0 Å². The van der Waals surface area contributed by atoms with Gasteiger partial charge in [0.1, 0.15) is 12.2 Å². The van der Waals surface area contributed by atoms with Crippen molar-refractivity contribution in [2.45, 2.75) is 321 Å². The minimum Gasteiger partial charge on any atom is -0.419 e. The van der Waals surface area contributed by atoms with Gasteiger partial charge in [0.2, 0.25) is 0 Å². The number of hydrogen-bond donors (Lipinski definition) is 6. The van der Waals surface area contributed by atoms with E-state index in [2.05, 4.69) is 57.2 Å². The fourth-order valence-corrected chi connectivity index (χ4v) is 8.68. The third-order valence-corrected chi connectivity index (χ3v) is 13.5. The smallest absolute Gasteiger partial charge is 0.419 e. The standard InChI is InChI=1S/C60H110O12/c1-4-7-10-13-16-19-22-25-28-31-34-37-40-43-46-49-54(63)70-59(68,58(67)57(66)53(62)52-61)60(69,71-55(64)50-47-44-41-38-35-32-29-26-23-20-17-14-11-8-5-2)72-56(65)51-48-45-42-39-36-33-30-27-24-21-18-15-12-9-6-3/h25-30,53,57-58,61-62,66-69H,4-24,31-52H2,1-3H3/b28-25-,29-26-,30-27-/t53-,57+,58+,59+/m0/s1. The highest BCUT2D eigenvalue weighted by molar-refractivity contribution is 5.73. The Morgan fingerprint density at radius 1 is 0.375 bits per heavy atom. The summed E-state index contributed by atoms with van der Waals surface area (Å²) < 4.78 is 15.7. The van der Waals surface area contributed by atoms with E-state index in [4.69, 9.17) is 14.2 Å². The first-order chi connectivity index (χ1) is 34.9. The van der Waals surface area contributed by atoms with E-state index in [1.165, 1.54) is 116 Å². The van der Waals surface area contributed by atoms with E-state index in [0.29, 0.717) is 38.5 Å². The normalized spacial score (nSPS) is 14.3. The zero-order valence-electron chi connectivity index (χ0n) is 46.2. The average Bonchev–Trinajstić information content (AvgIpc) is 3.36. The van der Waals surface area contributed by atoms with Gasteiger partial charge in [0.25, 0.3) is 0 Å². The van der Waals surface area contributed by atoms with Gasteiger partial charge in [-0.15, -0.1) is 0 Å². The quantitative estimate of drug-likeness (QED) is 0.0146. The van der Waals surface area contributed by atoms with Crippen molar-refractivity contribution in [3.63, 3.8) is 0 Å². The zero-order valence-corrected chi connectivity index (χ0v) is 46.2. The summed E-state index contributed by atoms with van der Waals surface area (Å²) >= 11 is 0. The Labute approximate surface area is 439 Å². The molecule has 0 fully saturated rings. The Kier molecular flexibility index (Phi) is 47.5. The molecule has 72 heavy (non-hydrogen) atoms. The van der Waals surface area contributed by atoms with E-state index in [0.717, 1.165) is 96.3 Å². The fourth-order valence-electron chi connectivity index (χ4n) is 8.68. The Morgan fingerprint density at radius 2 is 0.611 bits per heavy atom. The number of hydrogen-bond acceptors (Lipinski definition) is 12. The van der Waals surface area contributed by atoms with Gasteiger partial charge in [0, 0.05) is 19.3 Å². The number of carbonyl (C=O) groups is 3. The second-order valence-electron chi connectivity index (χ2n) is 20.4. The van der Waals surface area contributed by atoms with Crippen LogP contribution in [0.1, 0.15) is 290 Å². The van der Waals surface area contributed by atoms with Crippen LogP contribution in [0.4, 0.5) is 0 Å². The molecule has 0 heterocycles. The average molecular weight is 1020 g/mol. The van der Waals surface area contributed by atoms with Gasteiger partial charge in [-0.2, -0.15) is 0 Å². The fraction of sp³-hybridized carbons (Fsp3) is 0.850. The predicted molar refractivity (Wildman–Crippen MR) is 292 cm³/mol. The molecule has 0 aliphatic heterocycles. The number of ether oxygens (including phenoxy) is 3. The molecule has 0 saturated carbocycles. The first kappa shape index (κ1) is 69.4. The second-order valence-corrected chi connectivity index (χ2v) is 20.4. The van der Waals surface area contributed by atoms with E-state index >= 15 is 0 Å². The first-order valence-corrected chi connectivity index (χ1v) is 29.6. The lowest BCUT2D eigenvalue weighted by atomic mass is 9.97. The molecule has 422 valence electrons. The number of aliphatic hydroxyl groups is 6. The molecule has 0 amide bonds. The van der Waals surface area contributed by atoms with Gasteiger partial charge in [-0.3, -0.25) is 14.4 Å². The number of unbranched alkanes of at least 4 members (excludes halogenated alkanes) is 33. The summed E-state index contributed by atoms with van der Waals surface area (Å²) in [4.78, 5) is 40.0. The Morgan fingerprint density at radius 3 is 0.875 bits per heavy atom. The molecule has 0 aliphatic rings. The van der Waals surface area contributed by atoms with Crippen molar-refractivity contribution < 1.29 is 59.2 Å². The van der Waals surface area contributed by atoms with E-state index < -0.39 is 54.6 Å². The highest BCUT2D eigenvalue weighted by atomic mass is 16.9. The number of esters is 3. The molecule has 0 aromatic heterocycles. The molecule has 12 heteroatoms. The van der Waals surface area contributed by atoms with Gasteiger partial charge in [-0.25, -0.2) is 0 Å². The van der Waals surface area contributed by atoms with E-state index in [1.54, 1.807) is 0 Å². The van der Waals surface area contributed by atoms with Crippen molar-refractivity contribution in [3.8, 4) is 0 Å². The minimum absolute atomic E-state index is 0.275. The zero-order chi connectivity index (χ0) is 53.2. The van der Waals surface area contributed by atoms with Gasteiger partial charge in [0.05, 0.1) is 6.61 Å². The van der Waals surface area contributed by atoms with Gasteiger partial charge >= 0.3 is 29.7 Å². The summed E-state index contributed by atoms with van der Waals surface area (Å²) in [5.74, 6) is -11.0. The molecule has 0 unspecified atom stereocenters. The summed E-state index contributed by atoms with van der Waals surface area (Å²) in [6.07, 6.45) is 45.5. The van der Waals surface area contributed by atoms with Crippen molar-refractivity contribution in [3.05, 3.63) is 36.5 Å². The molecule has 0 aromatic carbocycles. The van der Waals surface area contributed by atoms with Crippen LogP contribution >= 0.6 is 0 Å². The monoisotopic (exact) mass is 1020 g/mol. The van der Waals surface area contributed by atoms with E-state index in [-0.39, 0.29) is 19.3 Å². The summed E-state index contributed by atoms with van der Waals surface area (Å²) in [7, 11) is 0. The maximum Gasteiger partial charge on any atom is 0.446 e. The number of aliphatic hydroxyl groups excluding tert-OH is 4. The molecule has 0 saturated heterocycles. The lowest BCUT2D eigenvalue weighted by molar-refractivity contribution is -0.465. The Balaban J connectivity index is 5.53. The van der Waals surface area contributed by atoms with Crippen LogP contribution in [0.2, 0.25) is 0 Å². The van der Waals surface area contributed by atoms with Gasteiger partial charge in [0.15, 0.2) is 6.10 Å². The maximum absolute atomic E-state index is 13.3. The molecule has 0 aromatic rings. The lowest BCUT2D eigenvalue weighted by Gasteiger charge is -2.43. The SMILES string of the molecule is CCCCCCCC/C=C\CCCCCCCC(=O)OC(O)(OC(=O)CCCCCCC/C=C\CCCCCCCC)[C@](O)(OC(=O)CCCCCCC/C=C\CCCCCCCC)[C@H](O)[C@H](O)[C@@H](O)CO. The molecule has 0 aliphatic carbocycles. The molecule has 0 radical (unpaired) electrons. The van der Waals surface area contributed by atoms with Crippen LogP contribution in [0, 0.1) is 0 Å². The summed E-state index contributed by atoms with van der Waals surface area (Å²) in [6, 6.07) is 0. The molecule has 0 spiro atoms. The largest absolute Gasteiger partial charge is 0.446 e. The molecule has 12 nitrogen and oxygen atoms in total. The maximum atomic E-state index is 13.3. The Hall–Kier alpha value is -2.61. The lowest BCUT2D eigenvalue weighted by Crippen LogP contribution is -2.70. The second kappa shape index (κ2) is 49.3. The minimum atomic E-state index is -3.83. The van der Waals surface area contributed by atoms with Gasteiger partial charge < -0.3 is 44.8 Å². The predicted octanol–water partition coefficient (Wildman–Crippen LogP) is 14.1. The van der Waals surface area contributed by atoms with E-state index in [1.807, 2.05) is 0 Å². The number of carbonyl (C=O) groups excluding carboxylic acids is 3. The van der Waals surface area contributed by atoms with Crippen LogP contribution in [0.3, 0.4) is 0 Å². The highest BCUT2D eigenvalue weighted by Gasteiger charge is 2.67. The molecule has 0 bridgehead atoms. The summed E-state index contributed by atoms with van der Waals surface area (Å²) in [5, 5.41) is 65.7. The molecular formula is C60H110O12. The molecule has 4 atom stereocenters. The Bertz CT molecular complexity index is 1300. The highest BCUT2D eigenvalue weighted by Crippen LogP contribution is 2.35. The first-order valence-electron chi connectivity index (χ1n) is 29.6.